The first kappa shape index (κ1) is 16.8. The highest BCUT2D eigenvalue weighted by atomic mass is 16.5. The van der Waals surface area contributed by atoms with Crippen molar-refractivity contribution in [3.05, 3.63) is 40.8 Å². The minimum Gasteiger partial charge on any atom is -0.381 e. The SMILES string of the molecule is O=C(Cc1ccon1)NC1CC(Nc2cc(=O)[nH]cn2)C12CCOCC2. The molecule has 1 spiro atoms. The number of amides is 1. The Morgan fingerprint density at radius 2 is 2.19 bits per heavy atom. The van der Waals surface area contributed by atoms with Crippen molar-refractivity contribution in [3.63, 3.8) is 0 Å². The Balaban J connectivity index is 1.44. The van der Waals surface area contributed by atoms with Crippen molar-refractivity contribution in [2.45, 2.75) is 37.8 Å². The normalized spacial score (nSPS) is 24.0. The highest BCUT2D eigenvalue weighted by Crippen LogP contribution is 2.50. The van der Waals surface area contributed by atoms with Gasteiger partial charge in [-0.1, -0.05) is 5.16 Å². The first-order chi connectivity index (χ1) is 12.7. The summed E-state index contributed by atoms with van der Waals surface area (Å²) in [7, 11) is 0. The molecule has 1 aliphatic heterocycles. The molecule has 0 aromatic carbocycles. The van der Waals surface area contributed by atoms with E-state index in [-0.39, 0.29) is 35.4 Å². The zero-order valence-corrected chi connectivity index (χ0v) is 14.2. The van der Waals surface area contributed by atoms with Crippen LogP contribution in [0.5, 0.6) is 0 Å². The summed E-state index contributed by atoms with van der Waals surface area (Å²) in [4.78, 5) is 30.5. The predicted octanol–water partition coefficient (Wildman–Crippen LogP) is 0.466. The summed E-state index contributed by atoms with van der Waals surface area (Å²) < 4.78 is 10.3. The van der Waals surface area contributed by atoms with Crippen LogP contribution in [0.4, 0.5) is 5.82 Å². The minimum atomic E-state index is -0.194. The maximum absolute atomic E-state index is 12.3. The van der Waals surface area contributed by atoms with Crippen molar-refractivity contribution in [2.24, 2.45) is 5.41 Å². The van der Waals surface area contributed by atoms with Gasteiger partial charge in [-0.3, -0.25) is 9.59 Å². The number of aromatic amines is 1. The maximum atomic E-state index is 12.3. The smallest absolute Gasteiger partial charge is 0.252 e. The van der Waals surface area contributed by atoms with E-state index in [0.29, 0.717) is 24.7 Å². The van der Waals surface area contributed by atoms with Gasteiger partial charge >= 0.3 is 0 Å². The molecule has 2 fully saturated rings. The van der Waals surface area contributed by atoms with E-state index in [1.54, 1.807) is 6.07 Å². The van der Waals surface area contributed by atoms with Crippen LogP contribution in [-0.4, -0.2) is 46.3 Å². The van der Waals surface area contributed by atoms with Gasteiger partial charge in [-0.2, -0.15) is 0 Å². The summed E-state index contributed by atoms with van der Waals surface area (Å²) in [5.74, 6) is 0.486. The van der Waals surface area contributed by atoms with Crippen molar-refractivity contribution in [1.82, 2.24) is 20.4 Å². The van der Waals surface area contributed by atoms with E-state index in [1.807, 2.05) is 0 Å². The Labute approximate surface area is 149 Å². The number of hydrogen-bond acceptors (Lipinski definition) is 7. The van der Waals surface area contributed by atoms with Crippen molar-refractivity contribution < 1.29 is 14.1 Å². The molecule has 138 valence electrons. The van der Waals surface area contributed by atoms with Gasteiger partial charge in [0, 0.05) is 42.8 Å². The lowest BCUT2D eigenvalue weighted by Gasteiger charge is -2.58. The van der Waals surface area contributed by atoms with Crippen LogP contribution in [0.1, 0.15) is 25.0 Å². The van der Waals surface area contributed by atoms with Gasteiger partial charge in [0.05, 0.1) is 18.4 Å². The van der Waals surface area contributed by atoms with Gasteiger partial charge in [0.15, 0.2) is 0 Å². The summed E-state index contributed by atoms with van der Waals surface area (Å²) >= 11 is 0. The molecule has 3 N–H and O–H groups in total. The zero-order chi connectivity index (χ0) is 18.0. The van der Waals surface area contributed by atoms with Crippen molar-refractivity contribution in [2.75, 3.05) is 18.5 Å². The predicted molar refractivity (Wildman–Crippen MR) is 91.5 cm³/mol. The van der Waals surface area contributed by atoms with Crippen molar-refractivity contribution in [1.29, 1.82) is 0 Å². The molecule has 2 aliphatic rings. The van der Waals surface area contributed by atoms with Crippen LogP contribution < -0.4 is 16.2 Å². The molecule has 2 unspecified atom stereocenters. The molecule has 1 saturated heterocycles. The van der Waals surface area contributed by atoms with Gasteiger partial charge < -0.3 is 24.9 Å². The first-order valence-corrected chi connectivity index (χ1v) is 8.73. The van der Waals surface area contributed by atoms with Crippen LogP contribution in [0, 0.1) is 5.41 Å². The Hall–Kier alpha value is -2.68. The van der Waals surface area contributed by atoms with Crippen molar-refractivity contribution >= 4 is 11.7 Å². The summed E-state index contributed by atoms with van der Waals surface area (Å²) in [6.07, 6.45) is 5.52. The van der Waals surface area contributed by atoms with E-state index in [0.717, 1.165) is 19.3 Å². The fourth-order valence-electron chi connectivity index (χ4n) is 4.01. The van der Waals surface area contributed by atoms with Crippen molar-refractivity contribution in [3.8, 4) is 0 Å². The van der Waals surface area contributed by atoms with E-state index >= 15 is 0 Å². The lowest BCUT2D eigenvalue weighted by atomic mass is 9.56. The number of rotatable bonds is 5. The molecule has 2 atom stereocenters. The molecule has 1 amide bonds. The Bertz CT molecular complexity index is 813. The molecule has 2 aromatic rings. The third kappa shape index (κ3) is 3.22. The topological polar surface area (TPSA) is 122 Å². The third-order valence-electron chi connectivity index (χ3n) is 5.45. The second kappa shape index (κ2) is 6.91. The summed E-state index contributed by atoms with van der Waals surface area (Å²) in [6, 6.07) is 3.33. The number of nitrogens with zero attached hydrogens (tertiary/aromatic N) is 2. The molecule has 1 saturated carbocycles. The Morgan fingerprint density at radius 1 is 1.35 bits per heavy atom. The average Bonchev–Trinajstić information content (AvgIpc) is 3.14. The molecular formula is C17H21N5O4. The highest BCUT2D eigenvalue weighted by molar-refractivity contribution is 5.78. The number of carbonyl (C=O) groups is 1. The van der Waals surface area contributed by atoms with Gasteiger partial charge in [-0.15, -0.1) is 0 Å². The number of ether oxygens (including phenoxy) is 1. The summed E-state index contributed by atoms with van der Waals surface area (Å²) in [6.45, 7) is 1.33. The lowest BCUT2D eigenvalue weighted by molar-refractivity contribution is -0.127. The first-order valence-electron chi connectivity index (χ1n) is 8.73. The lowest BCUT2D eigenvalue weighted by Crippen LogP contribution is -2.68. The van der Waals surface area contributed by atoms with E-state index in [9.17, 15) is 9.59 Å². The zero-order valence-electron chi connectivity index (χ0n) is 14.2. The fourth-order valence-corrected chi connectivity index (χ4v) is 4.01. The molecule has 0 bridgehead atoms. The largest absolute Gasteiger partial charge is 0.381 e. The van der Waals surface area contributed by atoms with Gasteiger partial charge in [0.1, 0.15) is 12.1 Å². The molecule has 9 heteroatoms. The van der Waals surface area contributed by atoms with E-state index < -0.39 is 0 Å². The molecule has 9 nitrogen and oxygen atoms in total. The molecule has 0 radical (unpaired) electrons. The number of anilines is 1. The molecule has 4 rings (SSSR count). The second-order valence-corrected chi connectivity index (χ2v) is 6.86. The highest BCUT2D eigenvalue weighted by Gasteiger charge is 2.56. The maximum Gasteiger partial charge on any atom is 0.252 e. The van der Waals surface area contributed by atoms with Crippen LogP contribution in [-0.2, 0) is 16.0 Å². The molecular weight excluding hydrogens is 338 g/mol. The number of carbonyl (C=O) groups excluding carboxylic acids is 1. The molecule has 26 heavy (non-hydrogen) atoms. The van der Waals surface area contributed by atoms with Gasteiger partial charge in [0.25, 0.3) is 5.56 Å². The number of hydrogen-bond donors (Lipinski definition) is 3. The van der Waals surface area contributed by atoms with Crippen LogP contribution in [0.15, 0.2) is 34.0 Å². The van der Waals surface area contributed by atoms with Gasteiger partial charge in [0.2, 0.25) is 5.91 Å². The van der Waals surface area contributed by atoms with Crippen LogP contribution in [0.3, 0.4) is 0 Å². The minimum absolute atomic E-state index is 0.0605. The van der Waals surface area contributed by atoms with Gasteiger partial charge in [-0.25, -0.2) is 4.98 Å². The number of aromatic nitrogens is 3. The van der Waals surface area contributed by atoms with Crippen LogP contribution in [0.2, 0.25) is 0 Å². The second-order valence-electron chi connectivity index (χ2n) is 6.86. The summed E-state index contributed by atoms with van der Waals surface area (Å²) in [5.41, 5.74) is 0.327. The van der Waals surface area contributed by atoms with E-state index in [4.69, 9.17) is 9.26 Å². The summed E-state index contributed by atoms with van der Waals surface area (Å²) in [5, 5.41) is 10.3. The molecule has 2 aromatic heterocycles. The quantitative estimate of drug-likeness (QED) is 0.709. The van der Waals surface area contributed by atoms with Crippen LogP contribution >= 0.6 is 0 Å². The Morgan fingerprint density at radius 3 is 2.92 bits per heavy atom. The number of H-pyrrole nitrogens is 1. The fraction of sp³-hybridized carbons (Fsp3) is 0.529. The van der Waals surface area contributed by atoms with Gasteiger partial charge in [-0.05, 0) is 19.3 Å². The van der Waals surface area contributed by atoms with E-state index in [1.165, 1.54) is 18.7 Å². The third-order valence-corrected chi connectivity index (χ3v) is 5.45. The van der Waals surface area contributed by atoms with Crippen LogP contribution in [0.25, 0.3) is 0 Å². The monoisotopic (exact) mass is 359 g/mol. The van der Waals surface area contributed by atoms with E-state index in [2.05, 4.69) is 25.8 Å². The molecule has 1 aliphatic carbocycles. The standard InChI is InChI=1S/C17H21N5O4/c23-15-9-14(18-10-19-15)20-12-8-13(17(12)2-5-25-6-3-17)21-16(24)7-11-1-4-26-22-11/h1,4,9-10,12-13H,2-3,5-8H2,(H,21,24)(H2,18,19,20,23). The number of nitrogens with one attached hydrogen (secondary N) is 3. The molecule has 3 heterocycles. The average molecular weight is 359 g/mol. The Kier molecular flexibility index (Phi) is 4.46.